The van der Waals surface area contributed by atoms with E-state index in [-0.39, 0.29) is 0 Å². The van der Waals surface area contributed by atoms with Crippen molar-refractivity contribution in [3.05, 3.63) is 38.3 Å². The van der Waals surface area contributed by atoms with Crippen LogP contribution in [-0.4, -0.2) is 39.3 Å². The average Bonchev–Trinajstić information content (AvgIpc) is 2.36. The predicted molar refractivity (Wildman–Crippen MR) is 56.7 cm³/mol. The fraction of sp³-hybridized carbons (Fsp3) is 0.333. The second-order valence-electron chi connectivity index (χ2n) is 3.31. The SMILES string of the molecule is COC(=O)C(O)C(O)c1cc([N+](=O)[O-])c[nH]c1=O. The molecule has 0 aliphatic carbocycles. The molecule has 0 bridgehead atoms. The highest BCUT2D eigenvalue weighted by Crippen LogP contribution is 2.18. The maximum Gasteiger partial charge on any atom is 0.337 e. The van der Waals surface area contributed by atoms with Crippen LogP contribution in [-0.2, 0) is 9.53 Å². The van der Waals surface area contributed by atoms with E-state index in [0.717, 1.165) is 19.4 Å². The van der Waals surface area contributed by atoms with Crippen LogP contribution >= 0.6 is 0 Å². The van der Waals surface area contributed by atoms with E-state index in [4.69, 9.17) is 0 Å². The summed E-state index contributed by atoms with van der Waals surface area (Å²) in [7, 11) is 0.982. The van der Waals surface area contributed by atoms with Crippen LogP contribution in [0.4, 0.5) is 5.69 Å². The van der Waals surface area contributed by atoms with Crippen LogP contribution in [0.15, 0.2) is 17.1 Å². The van der Waals surface area contributed by atoms with E-state index in [2.05, 4.69) is 4.74 Å². The molecule has 0 saturated heterocycles. The number of nitrogens with one attached hydrogen (secondary N) is 1. The number of aliphatic hydroxyl groups is 2. The number of ether oxygens (including phenoxy) is 1. The molecule has 18 heavy (non-hydrogen) atoms. The topological polar surface area (TPSA) is 143 Å². The normalized spacial score (nSPS) is 13.7. The van der Waals surface area contributed by atoms with Gasteiger partial charge in [-0.05, 0) is 0 Å². The minimum atomic E-state index is -2.00. The third-order valence-electron chi connectivity index (χ3n) is 2.19. The predicted octanol–water partition coefficient (Wildman–Crippen LogP) is -1.15. The van der Waals surface area contributed by atoms with Gasteiger partial charge in [0.25, 0.3) is 11.2 Å². The van der Waals surface area contributed by atoms with Crippen molar-refractivity contribution in [2.45, 2.75) is 12.2 Å². The van der Waals surface area contributed by atoms with Crippen LogP contribution in [0.5, 0.6) is 0 Å². The molecule has 0 aliphatic rings. The molecule has 0 saturated carbocycles. The quantitative estimate of drug-likeness (QED) is 0.351. The summed E-state index contributed by atoms with van der Waals surface area (Å²) >= 11 is 0. The number of nitrogens with zero attached hydrogens (tertiary/aromatic N) is 1. The van der Waals surface area contributed by atoms with E-state index >= 15 is 0 Å². The van der Waals surface area contributed by atoms with E-state index in [1.54, 1.807) is 0 Å². The Morgan fingerprint density at radius 3 is 2.67 bits per heavy atom. The van der Waals surface area contributed by atoms with Crippen molar-refractivity contribution in [1.82, 2.24) is 4.98 Å². The summed E-state index contributed by atoms with van der Waals surface area (Å²) in [4.78, 5) is 34.0. The number of nitro groups is 1. The summed E-state index contributed by atoms with van der Waals surface area (Å²) < 4.78 is 4.18. The molecule has 1 rings (SSSR count). The number of aliphatic hydroxyl groups excluding tert-OH is 2. The number of hydrogen-bond acceptors (Lipinski definition) is 7. The Morgan fingerprint density at radius 2 is 2.17 bits per heavy atom. The molecular formula is C9H10N2O7. The first-order valence-corrected chi connectivity index (χ1v) is 4.69. The van der Waals surface area contributed by atoms with Crippen molar-refractivity contribution in [3.8, 4) is 0 Å². The van der Waals surface area contributed by atoms with Gasteiger partial charge in [-0.2, -0.15) is 0 Å². The molecule has 98 valence electrons. The first-order chi connectivity index (χ1) is 8.38. The zero-order valence-corrected chi connectivity index (χ0v) is 9.19. The Morgan fingerprint density at radius 1 is 1.56 bits per heavy atom. The fourth-order valence-corrected chi connectivity index (χ4v) is 1.23. The van der Waals surface area contributed by atoms with Gasteiger partial charge in [0, 0.05) is 6.07 Å². The molecule has 0 aromatic carbocycles. The summed E-state index contributed by atoms with van der Waals surface area (Å²) in [5, 5.41) is 29.4. The van der Waals surface area contributed by atoms with Crippen LogP contribution in [0.25, 0.3) is 0 Å². The van der Waals surface area contributed by atoms with Crippen molar-refractivity contribution in [2.24, 2.45) is 0 Å². The number of hydrogen-bond donors (Lipinski definition) is 3. The van der Waals surface area contributed by atoms with Gasteiger partial charge in [-0.15, -0.1) is 0 Å². The van der Waals surface area contributed by atoms with E-state index in [9.17, 15) is 29.9 Å². The molecule has 2 unspecified atom stereocenters. The molecule has 3 N–H and O–H groups in total. The smallest absolute Gasteiger partial charge is 0.337 e. The molecule has 0 radical (unpaired) electrons. The summed E-state index contributed by atoms with van der Waals surface area (Å²) in [5.41, 5.74) is -1.83. The van der Waals surface area contributed by atoms with Crippen molar-refractivity contribution in [3.63, 3.8) is 0 Å². The van der Waals surface area contributed by atoms with Crippen LogP contribution in [0.2, 0.25) is 0 Å². The maximum absolute atomic E-state index is 11.3. The zero-order chi connectivity index (χ0) is 13.9. The second kappa shape index (κ2) is 5.38. The average molecular weight is 258 g/mol. The Labute approximate surface area is 99.8 Å². The molecule has 1 heterocycles. The molecule has 2 atom stereocenters. The Balaban J connectivity index is 3.16. The van der Waals surface area contributed by atoms with Crippen molar-refractivity contribution >= 4 is 11.7 Å². The number of methoxy groups -OCH3 is 1. The number of H-pyrrole nitrogens is 1. The summed E-state index contributed by atoms with van der Waals surface area (Å²) in [6, 6.07) is 0.773. The molecule has 1 aromatic rings. The van der Waals surface area contributed by atoms with Crippen LogP contribution in [0, 0.1) is 10.1 Å². The van der Waals surface area contributed by atoms with Gasteiger partial charge < -0.3 is 19.9 Å². The number of aromatic amines is 1. The van der Waals surface area contributed by atoms with Gasteiger partial charge in [0.15, 0.2) is 6.10 Å². The molecule has 9 nitrogen and oxygen atoms in total. The summed E-state index contributed by atoms with van der Waals surface area (Å²) in [6.07, 6.45) is -3.08. The van der Waals surface area contributed by atoms with Gasteiger partial charge in [0.1, 0.15) is 6.10 Å². The maximum atomic E-state index is 11.3. The third-order valence-corrected chi connectivity index (χ3v) is 2.19. The largest absolute Gasteiger partial charge is 0.467 e. The molecule has 0 spiro atoms. The van der Waals surface area contributed by atoms with E-state index in [0.29, 0.717) is 0 Å². The number of carbonyl (C=O) groups excluding carboxylic acids is 1. The first kappa shape index (κ1) is 13.8. The Kier molecular flexibility index (Phi) is 4.13. The molecular weight excluding hydrogens is 248 g/mol. The molecule has 0 fully saturated rings. The highest BCUT2D eigenvalue weighted by molar-refractivity contribution is 5.75. The highest BCUT2D eigenvalue weighted by atomic mass is 16.6. The minimum Gasteiger partial charge on any atom is -0.467 e. The van der Waals surface area contributed by atoms with E-state index in [1.807, 2.05) is 4.98 Å². The lowest BCUT2D eigenvalue weighted by Gasteiger charge is -2.14. The molecule has 1 aromatic heterocycles. The van der Waals surface area contributed by atoms with E-state index < -0.39 is 39.9 Å². The van der Waals surface area contributed by atoms with Crippen molar-refractivity contribution < 1.29 is 24.7 Å². The summed E-state index contributed by atoms with van der Waals surface area (Å²) in [6.45, 7) is 0. The number of aromatic nitrogens is 1. The van der Waals surface area contributed by atoms with Gasteiger partial charge in [0.05, 0.1) is 23.8 Å². The second-order valence-corrected chi connectivity index (χ2v) is 3.31. The van der Waals surface area contributed by atoms with Gasteiger partial charge in [-0.1, -0.05) is 0 Å². The van der Waals surface area contributed by atoms with Crippen LogP contribution in [0.1, 0.15) is 11.7 Å². The molecule has 9 heteroatoms. The number of esters is 1. The lowest BCUT2D eigenvalue weighted by atomic mass is 10.1. The fourth-order valence-electron chi connectivity index (χ4n) is 1.23. The van der Waals surface area contributed by atoms with Crippen LogP contribution < -0.4 is 5.56 Å². The van der Waals surface area contributed by atoms with Gasteiger partial charge >= 0.3 is 5.97 Å². The van der Waals surface area contributed by atoms with Gasteiger partial charge in [0.2, 0.25) is 0 Å². The van der Waals surface area contributed by atoms with Crippen molar-refractivity contribution in [1.29, 1.82) is 0 Å². The first-order valence-electron chi connectivity index (χ1n) is 4.69. The lowest BCUT2D eigenvalue weighted by Crippen LogP contribution is -2.32. The van der Waals surface area contributed by atoms with E-state index in [1.165, 1.54) is 0 Å². The molecule has 0 aliphatic heterocycles. The highest BCUT2D eigenvalue weighted by Gasteiger charge is 2.29. The van der Waals surface area contributed by atoms with Gasteiger partial charge in [-0.3, -0.25) is 14.9 Å². The Hall–Kier alpha value is -2.26. The Bertz CT molecular complexity index is 524. The van der Waals surface area contributed by atoms with Crippen LogP contribution in [0.3, 0.4) is 0 Å². The number of rotatable bonds is 4. The standard InChI is InChI=1S/C9H10N2O7/c1-18-9(15)7(13)6(12)5-2-4(11(16)17)3-10-8(5)14/h2-3,6-7,12-13H,1H3,(H,10,14). The number of pyridine rings is 1. The lowest BCUT2D eigenvalue weighted by molar-refractivity contribution is -0.385. The monoisotopic (exact) mass is 258 g/mol. The molecule has 0 amide bonds. The zero-order valence-electron chi connectivity index (χ0n) is 9.19. The van der Waals surface area contributed by atoms with Gasteiger partial charge in [-0.25, -0.2) is 4.79 Å². The summed E-state index contributed by atoms with van der Waals surface area (Å²) in [5.74, 6) is -1.16. The minimum absolute atomic E-state index is 0.485. The third kappa shape index (κ3) is 2.70. The number of carbonyl (C=O) groups is 1. The van der Waals surface area contributed by atoms with Crippen molar-refractivity contribution in [2.75, 3.05) is 7.11 Å².